The average Bonchev–Trinajstić information content (AvgIpc) is 2.64. The second-order valence-corrected chi connectivity index (χ2v) is 6.63. The van der Waals surface area contributed by atoms with Crippen molar-refractivity contribution in [3.8, 4) is 11.5 Å². The van der Waals surface area contributed by atoms with Gasteiger partial charge in [0, 0.05) is 11.3 Å². The zero-order valence-electron chi connectivity index (χ0n) is 16.4. The van der Waals surface area contributed by atoms with Gasteiger partial charge in [-0.2, -0.15) is 0 Å². The van der Waals surface area contributed by atoms with E-state index in [2.05, 4.69) is 17.6 Å². The molecular weight excluding hydrogens is 364 g/mol. The quantitative estimate of drug-likeness (QED) is 0.378. The summed E-state index contributed by atoms with van der Waals surface area (Å²) in [6.45, 7) is 6.62. The number of allylic oxidation sites excluding steroid dienone is 1. The molecule has 1 aliphatic heterocycles. The number of unbranched alkanes of at least 4 members (excludes halogenated alkanes) is 2. The molecule has 1 heterocycles. The number of thiocarbonyl (C=S) groups is 1. The zero-order valence-corrected chi connectivity index (χ0v) is 17.2. The molecule has 6 nitrogen and oxygen atoms in total. The Bertz CT molecular complexity index is 718. The number of methoxy groups -OCH3 is 1. The second kappa shape index (κ2) is 10.2. The van der Waals surface area contributed by atoms with Crippen molar-refractivity contribution in [2.45, 2.75) is 46.1 Å². The van der Waals surface area contributed by atoms with Crippen LogP contribution in [0.2, 0.25) is 0 Å². The lowest BCUT2D eigenvalue weighted by Gasteiger charge is -2.31. The van der Waals surface area contributed by atoms with E-state index < -0.39 is 6.04 Å². The summed E-state index contributed by atoms with van der Waals surface area (Å²) in [6.07, 6.45) is 3.15. The van der Waals surface area contributed by atoms with Crippen LogP contribution in [0.1, 0.15) is 51.6 Å². The van der Waals surface area contributed by atoms with E-state index in [4.69, 9.17) is 26.4 Å². The third kappa shape index (κ3) is 5.13. The molecule has 0 saturated heterocycles. The summed E-state index contributed by atoms with van der Waals surface area (Å²) >= 11 is 5.31. The van der Waals surface area contributed by atoms with Gasteiger partial charge in [0.2, 0.25) is 0 Å². The maximum atomic E-state index is 12.6. The van der Waals surface area contributed by atoms with E-state index in [-0.39, 0.29) is 5.97 Å². The molecule has 0 bridgehead atoms. The smallest absolute Gasteiger partial charge is 0.338 e. The molecule has 2 rings (SSSR count). The Hall–Kier alpha value is -2.28. The van der Waals surface area contributed by atoms with Gasteiger partial charge in [-0.3, -0.25) is 0 Å². The Kier molecular flexibility index (Phi) is 7.91. The summed E-state index contributed by atoms with van der Waals surface area (Å²) in [5.74, 6) is 0.853. The van der Waals surface area contributed by atoms with Crippen molar-refractivity contribution < 1.29 is 19.0 Å². The normalized spacial score (nSPS) is 16.4. The molecular formula is C20H28N2O4S. The molecule has 1 aromatic carbocycles. The summed E-state index contributed by atoms with van der Waals surface area (Å²) in [7, 11) is 1.60. The Morgan fingerprint density at radius 2 is 2.04 bits per heavy atom. The number of ether oxygens (including phenoxy) is 3. The van der Waals surface area contributed by atoms with Crippen molar-refractivity contribution in [2.75, 3.05) is 20.3 Å². The van der Waals surface area contributed by atoms with Gasteiger partial charge >= 0.3 is 5.97 Å². The van der Waals surface area contributed by atoms with Gasteiger partial charge in [0.15, 0.2) is 16.6 Å². The number of benzene rings is 1. The molecule has 0 radical (unpaired) electrons. The highest BCUT2D eigenvalue weighted by Gasteiger charge is 2.33. The van der Waals surface area contributed by atoms with Crippen molar-refractivity contribution in [3.63, 3.8) is 0 Å². The molecule has 0 aromatic heterocycles. The predicted molar refractivity (Wildman–Crippen MR) is 109 cm³/mol. The SMILES string of the molecule is CCCCCOc1c(OC)cccc1[C@@H]1NC(=S)NC(C)=C1C(=O)OCC. The van der Waals surface area contributed by atoms with Gasteiger partial charge in [-0.25, -0.2) is 4.79 Å². The third-order valence-electron chi connectivity index (χ3n) is 4.30. The monoisotopic (exact) mass is 392 g/mol. The third-order valence-corrected chi connectivity index (χ3v) is 4.52. The first-order valence-electron chi connectivity index (χ1n) is 9.28. The van der Waals surface area contributed by atoms with Crippen LogP contribution in [0.15, 0.2) is 29.5 Å². The minimum absolute atomic E-state index is 0.297. The van der Waals surface area contributed by atoms with E-state index in [1.165, 1.54) is 0 Å². The number of rotatable bonds is 9. The summed E-state index contributed by atoms with van der Waals surface area (Å²) in [5, 5.41) is 6.62. The van der Waals surface area contributed by atoms with E-state index in [9.17, 15) is 4.79 Å². The predicted octanol–water partition coefficient (Wildman–Crippen LogP) is 3.62. The van der Waals surface area contributed by atoms with Crippen molar-refractivity contribution in [2.24, 2.45) is 0 Å². The minimum Gasteiger partial charge on any atom is -0.493 e. The first-order chi connectivity index (χ1) is 13.0. The Morgan fingerprint density at radius 3 is 2.70 bits per heavy atom. The van der Waals surface area contributed by atoms with Crippen molar-refractivity contribution in [1.82, 2.24) is 10.6 Å². The largest absolute Gasteiger partial charge is 0.493 e. The number of carbonyl (C=O) groups excluding carboxylic acids is 1. The summed E-state index contributed by atoms with van der Waals surface area (Å²) in [6, 6.07) is 5.15. The Labute approximate surface area is 166 Å². The van der Waals surface area contributed by atoms with Crippen LogP contribution in [0.4, 0.5) is 0 Å². The molecule has 1 aliphatic rings. The van der Waals surface area contributed by atoms with Gasteiger partial charge in [-0.1, -0.05) is 31.9 Å². The first kappa shape index (κ1) is 21.0. The van der Waals surface area contributed by atoms with Crippen LogP contribution < -0.4 is 20.1 Å². The van der Waals surface area contributed by atoms with Gasteiger partial charge in [-0.15, -0.1) is 0 Å². The topological polar surface area (TPSA) is 68.8 Å². The number of nitrogens with one attached hydrogen (secondary N) is 2. The van der Waals surface area contributed by atoms with Crippen LogP contribution >= 0.6 is 12.2 Å². The number of para-hydroxylation sites is 1. The lowest BCUT2D eigenvalue weighted by Crippen LogP contribution is -2.45. The fraction of sp³-hybridized carbons (Fsp3) is 0.500. The van der Waals surface area contributed by atoms with Crippen LogP contribution in [-0.4, -0.2) is 31.4 Å². The summed E-state index contributed by atoms with van der Waals surface area (Å²) in [4.78, 5) is 12.6. The highest BCUT2D eigenvalue weighted by molar-refractivity contribution is 7.80. The van der Waals surface area contributed by atoms with Gasteiger partial charge < -0.3 is 24.8 Å². The van der Waals surface area contributed by atoms with Crippen LogP contribution in [0, 0.1) is 0 Å². The van der Waals surface area contributed by atoms with Gasteiger partial charge in [0.05, 0.1) is 31.9 Å². The fourth-order valence-corrected chi connectivity index (χ4v) is 3.28. The molecule has 0 spiro atoms. The molecule has 2 N–H and O–H groups in total. The molecule has 0 fully saturated rings. The number of hydrogen-bond donors (Lipinski definition) is 2. The number of esters is 1. The Balaban J connectivity index is 2.45. The van der Waals surface area contributed by atoms with E-state index >= 15 is 0 Å². The molecule has 0 unspecified atom stereocenters. The van der Waals surface area contributed by atoms with Crippen LogP contribution in [0.3, 0.4) is 0 Å². The van der Waals surface area contributed by atoms with Gasteiger partial charge in [-0.05, 0) is 38.6 Å². The lowest BCUT2D eigenvalue weighted by atomic mass is 9.94. The maximum Gasteiger partial charge on any atom is 0.338 e. The van der Waals surface area contributed by atoms with E-state index in [1.807, 2.05) is 25.1 Å². The average molecular weight is 393 g/mol. The first-order valence-corrected chi connectivity index (χ1v) is 9.69. The van der Waals surface area contributed by atoms with Crippen LogP contribution in [0.5, 0.6) is 11.5 Å². The standard InChI is InChI=1S/C20H28N2O4S/c1-5-7-8-12-26-18-14(10-9-11-15(18)24-4)17-16(19(23)25-6-2)13(3)21-20(27)22-17/h9-11,17H,5-8,12H2,1-4H3,(H2,21,22,27)/t17-/m0/s1. The van der Waals surface area contributed by atoms with Crippen molar-refractivity contribution in [1.29, 1.82) is 0 Å². The van der Waals surface area contributed by atoms with Gasteiger partial charge in [0.25, 0.3) is 0 Å². The van der Waals surface area contributed by atoms with E-state index in [0.717, 1.165) is 24.8 Å². The molecule has 7 heteroatoms. The fourth-order valence-electron chi connectivity index (χ4n) is 3.01. The Morgan fingerprint density at radius 1 is 1.26 bits per heavy atom. The second-order valence-electron chi connectivity index (χ2n) is 6.22. The molecule has 0 aliphatic carbocycles. The zero-order chi connectivity index (χ0) is 19.8. The van der Waals surface area contributed by atoms with Crippen LogP contribution in [0.25, 0.3) is 0 Å². The molecule has 1 aromatic rings. The molecule has 0 saturated carbocycles. The number of hydrogen-bond acceptors (Lipinski definition) is 5. The molecule has 0 amide bonds. The van der Waals surface area contributed by atoms with Gasteiger partial charge in [0.1, 0.15) is 0 Å². The van der Waals surface area contributed by atoms with Crippen molar-refractivity contribution >= 4 is 23.3 Å². The summed E-state index contributed by atoms with van der Waals surface area (Å²) < 4.78 is 16.8. The molecule has 148 valence electrons. The van der Waals surface area contributed by atoms with E-state index in [1.54, 1.807) is 14.0 Å². The van der Waals surface area contributed by atoms with Crippen molar-refractivity contribution in [3.05, 3.63) is 35.0 Å². The summed E-state index contributed by atoms with van der Waals surface area (Å²) in [5.41, 5.74) is 1.94. The maximum absolute atomic E-state index is 12.6. The lowest BCUT2D eigenvalue weighted by molar-refractivity contribution is -0.139. The number of carbonyl (C=O) groups is 1. The molecule has 1 atom stereocenters. The van der Waals surface area contributed by atoms with Crippen LogP contribution in [-0.2, 0) is 9.53 Å². The highest BCUT2D eigenvalue weighted by atomic mass is 32.1. The van der Waals surface area contributed by atoms with E-state index in [0.29, 0.717) is 41.1 Å². The molecule has 27 heavy (non-hydrogen) atoms. The highest BCUT2D eigenvalue weighted by Crippen LogP contribution is 2.39. The minimum atomic E-state index is -0.478.